The minimum absolute atomic E-state index is 0.154. The molecule has 0 N–H and O–H groups in total. The summed E-state index contributed by atoms with van der Waals surface area (Å²) < 4.78 is 72.6. The minimum Gasteiger partial charge on any atom is -0.465 e. The van der Waals surface area contributed by atoms with E-state index >= 15 is 0 Å². The normalized spacial score (nSPS) is 11.9. The molecule has 5 nitrogen and oxygen atoms in total. The van der Waals surface area contributed by atoms with E-state index in [1.165, 1.54) is 12.1 Å². The third kappa shape index (κ3) is 4.23. The van der Waals surface area contributed by atoms with E-state index in [1.54, 1.807) is 0 Å². The highest BCUT2D eigenvalue weighted by Crippen LogP contribution is 2.37. The van der Waals surface area contributed by atoms with E-state index in [0.717, 1.165) is 31.4 Å². The molecule has 0 spiro atoms. The first-order valence-corrected chi connectivity index (χ1v) is 8.33. The Bertz CT molecular complexity index is 910. The van der Waals surface area contributed by atoms with Gasteiger partial charge in [0, 0.05) is 0 Å². The lowest BCUT2D eigenvalue weighted by molar-refractivity contribution is -0.138. The molecular weight excluding hydrogens is 385 g/mol. The fourth-order valence-corrected chi connectivity index (χ4v) is 3.33. The number of rotatable bonds is 4. The molecule has 0 bridgehead atoms. The van der Waals surface area contributed by atoms with Crippen LogP contribution in [0, 0.1) is 0 Å². The summed E-state index contributed by atoms with van der Waals surface area (Å²) >= 11 is 5.79. The number of esters is 1. The minimum atomic E-state index is -4.82. The Kier molecular flexibility index (Phi) is 5.28. The van der Waals surface area contributed by atoms with E-state index in [-0.39, 0.29) is 10.6 Å². The summed E-state index contributed by atoms with van der Waals surface area (Å²) in [5.74, 6) is -1.75. The van der Waals surface area contributed by atoms with Gasteiger partial charge in [-0.3, -0.25) is 0 Å². The molecule has 2 aromatic carbocycles. The first-order chi connectivity index (χ1) is 11.6. The lowest BCUT2D eigenvalue weighted by Gasteiger charge is -2.14. The molecule has 0 unspecified atom stereocenters. The van der Waals surface area contributed by atoms with Crippen LogP contribution in [0.2, 0.25) is 5.02 Å². The number of carbonyl (C=O) groups excluding carboxylic acids is 1. The van der Waals surface area contributed by atoms with Crippen LogP contribution in [0.3, 0.4) is 0 Å². The zero-order valence-electron chi connectivity index (χ0n) is 12.5. The van der Waals surface area contributed by atoms with Crippen molar-refractivity contribution < 1.29 is 35.3 Å². The molecule has 0 radical (unpaired) electrons. The van der Waals surface area contributed by atoms with E-state index in [9.17, 15) is 26.4 Å². The van der Waals surface area contributed by atoms with E-state index in [1.807, 2.05) is 0 Å². The average molecular weight is 395 g/mol. The molecule has 0 aromatic heterocycles. The van der Waals surface area contributed by atoms with Crippen molar-refractivity contribution in [1.29, 1.82) is 0 Å². The molecule has 0 aliphatic rings. The van der Waals surface area contributed by atoms with Gasteiger partial charge in [0.2, 0.25) is 0 Å². The maximum atomic E-state index is 13.0. The summed E-state index contributed by atoms with van der Waals surface area (Å²) in [4.78, 5) is 10.8. The molecule has 134 valence electrons. The van der Waals surface area contributed by atoms with Crippen molar-refractivity contribution in [2.75, 3.05) is 7.11 Å². The predicted molar refractivity (Wildman–Crippen MR) is 82.0 cm³/mol. The largest absolute Gasteiger partial charge is 0.465 e. The summed E-state index contributed by atoms with van der Waals surface area (Å²) in [7, 11) is -3.65. The molecule has 0 aliphatic heterocycles. The molecule has 0 aliphatic carbocycles. The van der Waals surface area contributed by atoms with E-state index < -0.39 is 38.5 Å². The highest BCUT2D eigenvalue weighted by Gasteiger charge is 2.36. The van der Waals surface area contributed by atoms with Crippen LogP contribution in [0.15, 0.2) is 47.4 Å². The van der Waals surface area contributed by atoms with Crippen LogP contribution < -0.4 is 4.18 Å². The Morgan fingerprint density at radius 2 is 1.76 bits per heavy atom. The number of benzene rings is 2. The van der Waals surface area contributed by atoms with Crippen LogP contribution in [0.25, 0.3) is 0 Å². The van der Waals surface area contributed by atoms with Gasteiger partial charge in [0.05, 0.1) is 23.3 Å². The van der Waals surface area contributed by atoms with E-state index in [4.69, 9.17) is 11.6 Å². The second-order valence-electron chi connectivity index (χ2n) is 4.67. The second kappa shape index (κ2) is 6.93. The van der Waals surface area contributed by atoms with Crippen molar-refractivity contribution >= 4 is 27.7 Å². The fraction of sp³-hybridized carbons (Fsp3) is 0.133. The van der Waals surface area contributed by atoms with Crippen molar-refractivity contribution in [2.45, 2.75) is 11.1 Å². The van der Waals surface area contributed by atoms with Crippen LogP contribution in [0.1, 0.15) is 15.9 Å². The number of alkyl halides is 3. The highest BCUT2D eigenvalue weighted by atomic mass is 35.5. The zero-order valence-corrected chi connectivity index (χ0v) is 14.1. The maximum Gasteiger partial charge on any atom is 0.420 e. The van der Waals surface area contributed by atoms with Gasteiger partial charge in [0.25, 0.3) is 0 Å². The van der Waals surface area contributed by atoms with E-state index in [2.05, 4.69) is 8.92 Å². The van der Waals surface area contributed by atoms with Gasteiger partial charge < -0.3 is 8.92 Å². The fourth-order valence-electron chi connectivity index (χ4n) is 1.88. The van der Waals surface area contributed by atoms with Gasteiger partial charge in [-0.1, -0.05) is 23.7 Å². The molecule has 25 heavy (non-hydrogen) atoms. The maximum absolute atomic E-state index is 13.0. The lowest BCUT2D eigenvalue weighted by Crippen LogP contribution is -2.15. The Morgan fingerprint density at radius 3 is 2.36 bits per heavy atom. The van der Waals surface area contributed by atoms with Crippen molar-refractivity contribution in [3.05, 3.63) is 58.6 Å². The molecular formula is C15H10ClF3O5S. The predicted octanol–water partition coefficient (Wildman–Crippen LogP) is 3.91. The third-order valence-corrected chi connectivity index (χ3v) is 4.73. The molecule has 2 rings (SSSR count). The summed E-state index contributed by atoms with van der Waals surface area (Å²) in [6.45, 7) is 0. The summed E-state index contributed by atoms with van der Waals surface area (Å²) in [6, 6.07) is 6.98. The molecule has 10 heteroatoms. The quantitative estimate of drug-likeness (QED) is 0.581. The SMILES string of the molecule is COC(=O)c1ccc(Cl)c(S(=O)(=O)Oc2ccccc2C(F)(F)F)c1. The van der Waals surface area contributed by atoms with Crippen molar-refractivity contribution in [3.63, 3.8) is 0 Å². The standard InChI is InChI=1S/C15H10ClF3O5S/c1-23-14(20)9-6-7-11(16)13(8-9)25(21,22)24-12-5-3-2-4-10(12)15(17,18)19/h2-8H,1H3. The molecule has 0 atom stereocenters. The van der Waals surface area contributed by atoms with Gasteiger partial charge in [-0.2, -0.15) is 21.6 Å². The average Bonchev–Trinajstić information content (AvgIpc) is 2.53. The number of hydrogen-bond acceptors (Lipinski definition) is 5. The topological polar surface area (TPSA) is 69.7 Å². The summed E-state index contributed by atoms with van der Waals surface area (Å²) in [5.41, 5.74) is -1.42. The molecule has 0 amide bonds. The van der Waals surface area contributed by atoms with E-state index in [0.29, 0.717) is 6.07 Å². The Labute approximate surface area is 146 Å². The second-order valence-corrected chi connectivity index (χ2v) is 6.59. The first-order valence-electron chi connectivity index (χ1n) is 6.55. The number of para-hydroxylation sites is 1. The number of methoxy groups -OCH3 is 1. The number of ether oxygens (including phenoxy) is 1. The smallest absolute Gasteiger partial charge is 0.420 e. The summed E-state index contributed by atoms with van der Waals surface area (Å²) in [5, 5.41) is -0.322. The number of carbonyl (C=O) groups is 1. The Morgan fingerprint density at radius 1 is 1.12 bits per heavy atom. The van der Waals surface area contributed by atoms with Gasteiger partial charge in [-0.15, -0.1) is 0 Å². The molecule has 0 saturated heterocycles. The van der Waals surface area contributed by atoms with Crippen LogP contribution in [-0.2, 0) is 21.0 Å². The zero-order chi connectivity index (χ0) is 18.8. The molecule has 0 heterocycles. The Hall–Kier alpha value is -2.26. The highest BCUT2D eigenvalue weighted by molar-refractivity contribution is 7.87. The van der Waals surface area contributed by atoms with Crippen molar-refractivity contribution in [3.8, 4) is 5.75 Å². The van der Waals surface area contributed by atoms with Gasteiger partial charge in [-0.05, 0) is 30.3 Å². The first kappa shape index (κ1) is 19.1. The monoisotopic (exact) mass is 394 g/mol. The van der Waals surface area contributed by atoms with Gasteiger partial charge >= 0.3 is 22.3 Å². The van der Waals surface area contributed by atoms with Crippen molar-refractivity contribution in [1.82, 2.24) is 0 Å². The lowest BCUT2D eigenvalue weighted by atomic mass is 10.2. The number of hydrogen-bond donors (Lipinski definition) is 0. The van der Waals surface area contributed by atoms with Gasteiger partial charge in [0.1, 0.15) is 4.90 Å². The van der Waals surface area contributed by atoms with Crippen LogP contribution in [0.5, 0.6) is 5.75 Å². The van der Waals surface area contributed by atoms with Crippen molar-refractivity contribution in [2.24, 2.45) is 0 Å². The molecule has 2 aromatic rings. The van der Waals surface area contributed by atoms with Crippen LogP contribution >= 0.6 is 11.6 Å². The van der Waals surface area contributed by atoms with Gasteiger partial charge in [0.15, 0.2) is 5.75 Å². The molecule has 0 fully saturated rings. The summed E-state index contributed by atoms with van der Waals surface area (Å²) in [6.07, 6.45) is -4.82. The number of halogens is 4. The van der Waals surface area contributed by atoms with Crippen LogP contribution in [0.4, 0.5) is 13.2 Å². The van der Waals surface area contributed by atoms with Gasteiger partial charge in [-0.25, -0.2) is 4.79 Å². The third-order valence-electron chi connectivity index (χ3n) is 3.01. The Balaban J connectivity index is 2.50. The van der Waals surface area contributed by atoms with Crippen LogP contribution in [-0.4, -0.2) is 21.5 Å². The molecule has 0 saturated carbocycles.